The molecule has 15 heavy (non-hydrogen) atoms. The highest BCUT2D eigenvalue weighted by Crippen LogP contribution is 2.23. The standard InChI is InChI=1S/C10H9BrO4/c1-6(12)7-3-2-4-8(9(7)13)10(14)15-5-11/h2-4,13H,5H2,1H3. The molecule has 4 nitrogen and oxygen atoms in total. The van der Waals surface area contributed by atoms with E-state index < -0.39 is 5.97 Å². The average molecular weight is 273 g/mol. The van der Waals surface area contributed by atoms with Crippen molar-refractivity contribution in [3.05, 3.63) is 29.3 Å². The van der Waals surface area contributed by atoms with Crippen molar-refractivity contribution < 1.29 is 19.4 Å². The van der Waals surface area contributed by atoms with Gasteiger partial charge in [0.2, 0.25) is 0 Å². The van der Waals surface area contributed by atoms with Gasteiger partial charge in [0, 0.05) is 0 Å². The van der Waals surface area contributed by atoms with Gasteiger partial charge in [0.25, 0.3) is 0 Å². The van der Waals surface area contributed by atoms with E-state index in [1.54, 1.807) is 0 Å². The smallest absolute Gasteiger partial charge is 0.342 e. The molecule has 1 aromatic rings. The van der Waals surface area contributed by atoms with Crippen molar-refractivity contribution in [1.29, 1.82) is 0 Å². The first kappa shape index (κ1) is 11.7. The molecule has 0 fully saturated rings. The van der Waals surface area contributed by atoms with E-state index in [2.05, 4.69) is 20.7 Å². The number of ketones is 1. The number of phenolic OH excluding ortho intramolecular Hbond substituents is 1. The second kappa shape index (κ2) is 4.93. The summed E-state index contributed by atoms with van der Waals surface area (Å²) in [5, 5.41) is 9.62. The van der Waals surface area contributed by atoms with Gasteiger partial charge < -0.3 is 9.84 Å². The van der Waals surface area contributed by atoms with E-state index in [0.717, 1.165) is 0 Å². The molecule has 1 N–H and O–H groups in total. The van der Waals surface area contributed by atoms with Gasteiger partial charge in [0.05, 0.1) is 5.56 Å². The average Bonchev–Trinajstić information content (AvgIpc) is 2.17. The fourth-order valence-electron chi connectivity index (χ4n) is 1.12. The molecular weight excluding hydrogens is 264 g/mol. The first-order valence-corrected chi connectivity index (χ1v) is 5.26. The second-order valence-electron chi connectivity index (χ2n) is 2.80. The highest BCUT2D eigenvalue weighted by atomic mass is 79.9. The first-order chi connectivity index (χ1) is 7.07. The van der Waals surface area contributed by atoms with Crippen molar-refractivity contribution >= 4 is 27.7 Å². The summed E-state index contributed by atoms with van der Waals surface area (Å²) in [5.74, 6) is -1.32. The highest BCUT2D eigenvalue weighted by molar-refractivity contribution is 9.09. The Bertz CT molecular complexity index is 400. The molecule has 0 bridgehead atoms. The number of Topliss-reactive ketones (excluding diaryl/α,β-unsaturated/α-hetero) is 1. The van der Waals surface area contributed by atoms with Crippen molar-refractivity contribution in [2.45, 2.75) is 6.92 Å². The molecule has 0 heterocycles. The maximum Gasteiger partial charge on any atom is 0.342 e. The Morgan fingerprint density at radius 1 is 1.40 bits per heavy atom. The molecule has 0 radical (unpaired) electrons. The molecule has 1 aromatic carbocycles. The normalized spacial score (nSPS) is 9.73. The number of para-hydroxylation sites is 1. The summed E-state index contributed by atoms with van der Waals surface area (Å²) >= 11 is 2.93. The maximum absolute atomic E-state index is 11.3. The van der Waals surface area contributed by atoms with Crippen LogP contribution in [0, 0.1) is 0 Å². The van der Waals surface area contributed by atoms with Crippen molar-refractivity contribution in [3.63, 3.8) is 0 Å². The number of hydrogen-bond acceptors (Lipinski definition) is 4. The molecule has 1 rings (SSSR count). The van der Waals surface area contributed by atoms with Crippen LogP contribution in [0.5, 0.6) is 5.75 Å². The van der Waals surface area contributed by atoms with Gasteiger partial charge in [-0.25, -0.2) is 4.79 Å². The van der Waals surface area contributed by atoms with Crippen LogP contribution in [-0.2, 0) is 4.74 Å². The second-order valence-corrected chi connectivity index (χ2v) is 3.26. The Kier molecular flexibility index (Phi) is 3.85. The number of rotatable bonds is 3. The zero-order chi connectivity index (χ0) is 11.4. The number of benzene rings is 1. The predicted molar refractivity (Wildman–Crippen MR) is 57.3 cm³/mol. The lowest BCUT2D eigenvalue weighted by molar-refractivity contribution is 0.0580. The zero-order valence-electron chi connectivity index (χ0n) is 7.99. The third kappa shape index (κ3) is 2.56. The highest BCUT2D eigenvalue weighted by Gasteiger charge is 2.16. The summed E-state index contributed by atoms with van der Waals surface area (Å²) < 4.78 is 4.65. The molecular formula is C10H9BrO4. The fraction of sp³-hybridized carbons (Fsp3) is 0.200. The summed E-state index contributed by atoms with van der Waals surface area (Å²) in [6.45, 7) is 1.31. The molecule has 0 spiro atoms. The van der Waals surface area contributed by atoms with Gasteiger partial charge in [0.15, 0.2) is 5.78 Å². The van der Waals surface area contributed by atoms with E-state index in [1.807, 2.05) is 0 Å². The van der Waals surface area contributed by atoms with Crippen LogP contribution in [0.15, 0.2) is 18.2 Å². The molecule has 0 saturated carbocycles. The molecule has 5 heteroatoms. The summed E-state index contributed by atoms with van der Waals surface area (Å²) in [5.41, 5.74) is 0.136. The molecule has 0 aliphatic rings. The monoisotopic (exact) mass is 272 g/mol. The molecule has 80 valence electrons. The number of aromatic hydroxyl groups is 1. The Labute approximate surface area is 95.0 Å². The Morgan fingerprint density at radius 3 is 2.53 bits per heavy atom. The topological polar surface area (TPSA) is 63.6 Å². The zero-order valence-corrected chi connectivity index (χ0v) is 9.58. The van der Waals surface area contributed by atoms with Crippen LogP contribution in [0.1, 0.15) is 27.6 Å². The third-order valence-corrected chi connectivity index (χ3v) is 2.05. The number of alkyl halides is 1. The minimum atomic E-state index is -0.674. The third-order valence-electron chi connectivity index (χ3n) is 1.82. The van der Waals surface area contributed by atoms with E-state index in [9.17, 15) is 14.7 Å². The van der Waals surface area contributed by atoms with E-state index in [0.29, 0.717) is 0 Å². The SMILES string of the molecule is CC(=O)c1cccc(C(=O)OCBr)c1O. The lowest BCUT2D eigenvalue weighted by Crippen LogP contribution is -2.06. The van der Waals surface area contributed by atoms with Gasteiger partial charge in [-0.1, -0.05) is 6.07 Å². The lowest BCUT2D eigenvalue weighted by Gasteiger charge is -2.06. The summed E-state index contributed by atoms with van der Waals surface area (Å²) in [6.07, 6.45) is 0. The molecule has 0 unspecified atom stereocenters. The van der Waals surface area contributed by atoms with Gasteiger partial charge in [-0.15, -0.1) is 0 Å². The first-order valence-electron chi connectivity index (χ1n) is 4.14. The van der Waals surface area contributed by atoms with E-state index >= 15 is 0 Å². The summed E-state index contributed by atoms with van der Waals surface area (Å²) in [4.78, 5) is 22.4. The molecule has 0 aromatic heterocycles. The molecule has 0 saturated heterocycles. The molecule has 0 aliphatic carbocycles. The van der Waals surface area contributed by atoms with Gasteiger partial charge in [-0.2, -0.15) is 0 Å². The number of hydrogen-bond donors (Lipinski definition) is 1. The minimum Gasteiger partial charge on any atom is -0.506 e. The van der Waals surface area contributed by atoms with E-state index in [-0.39, 0.29) is 28.2 Å². The lowest BCUT2D eigenvalue weighted by atomic mass is 10.1. The van der Waals surface area contributed by atoms with Crippen molar-refractivity contribution in [2.24, 2.45) is 0 Å². The summed E-state index contributed by atoms with van der Waals surface area (Å²) in [7, 11) is 0. The predicted octanol–water partition coefficient (Wildman–Crippen LogP) is 2.10. The van der Waals surface area contributed by atoms with Crippen molar-refractivity contribution in [1.82, 2.24) is 0 Å². The largest absolute Gasteiger partial charge is 0.506 e. The minimum absolute atomic E-state index is 0.0119. The quantitative estimate of drug-likeness (QED) is 0.520. The number of phenols is 1. The number of ether oxygens (including phenoxy) is 1. The maximum atomic E-state index is 11.3. The van der Waals surface area contributed by atoms with Gasteiger partial charge in [-0.05, 0) is 35.0 Å². The molecule has 0 amide bonds. The van der Waals surface area contributed by atoms with E-state index in [4.69, 9.17) is 0 Å². The van der Waals surface area contributed by atoms with Crippen LogP contribution < -0.4 is 0 Å². The van der Waals surface area contributed by atoms with Crippen LogP contribution in [0.4, 0.5) is 0 Å². The van der Waals surface area contributed by atoms with Gasteiger partial charge >= 0.3 is 5.97 Å². The molecule has 0 aliphatic heterocycles. The van der Waals surface area contributed by atoms with Crippen molar-refractivity contribution in [2.75, 3.05) is 5.52 Å². The number of halogens is 1. The Morgan fingerprint density at radius 2 is 2.00 bits per heavy atom. The fourth-order valence-corrected chi connectivity index (χ4v) is 1.33. The van der Waals surface area contributed by atoms with Gasteiger partial charge in [-0.3, -0.25) is 4.79 Å². The van der Waals surface area contributed by atoms with Crippen molar-refractivity contribution in [3.8, 4) is 5.75 Å². The van der Waals surface area contributed by atoms with Crippen LogP contribution in [-0.4, -0.2) is 22.4 Å². The van der Waals surface area contributed by atoms with Crippen LogP contribution in [0.3, 0.4) is 0 Å². The molecule has 0 atom stereocenters. The number of esters is 1. The van der Waals surface area contributed by atoms with Crippen LogP contribution in [0.25, 0.3) is 0 Å². The van der Waals surface area contributed by atoms with E-state index in [1.165, 1.54) is 25.1 Å². The van der Waals surface area contributed by atoms with Crippen LogP contribution >= 0.6 is 15.9 Å². The Balaban J connectivity index is 3.15. The Hall–Kier alpha value is -1.36. The van der Waals surface area contributed by atoms with Gasteiger partial charge in [0.1, 0.15) is 16.8 Å². The van der Waals surface area contributed by atoms with Crippen LogP contribution in [0.2, 0.25) is 0 Å². The number of carbonyl (C=O) groups excluding carboxylic acids is 2. The number of carbonyl (C=O) groups is 2. The summed E-state index contributed by atoms with van der Waals surface area (Å²) in [6, 6.07) is 4.36.